The highest BCUT2D eigenvalue weighted by Gasteiger charge is 2.25. The molecule has 3 aromatic heterocycles. The van der Waals surface area contributed by atoms with E-state index in [1.54, 1.807) is 0 Å². The Bertz CT molecular complexity index is 986. The molecular formula is C20H26ClN5O2. The molecule has 8 heteroatoms. The van der Waals surface area contributed by atoms with Crippen LogP contribution in [0.5, 0.6) is 0 Å². The fourth-order valence-electron chi connectivity index (χ4n) is 3.85. The number of aromatic nitrogens is 4. The highest BCUT2D eigenvalue weighted by molar-refractivity contribution is 6.31. The first-order valence-electron chi connectivity index (χ1n) is 9.86. The van der Waals surface area contributed by atoms with E-state index in [0.29, 0.717) is 41.8 Å². The molecule has 0 radical (unpaired) electrons. The van der Waals surface area contributed by atoms with Gasteiger partial charge in [-0.2, -0.15) is 4.98 Å². The van der Waals surface area contributed by atoms with Crippen LogP contribution in [0.2, 0.25) is 5.15 Å². The molecule has 28 heavy (non-hydrogen) atoms. The van der Waals surface area contributed by atoms with Crippen molar-refractivity contribution in [2.75, 3.05) is 31.2 Å². The molecule has 0 unspecified atom stereocenters. The lowest BCUT2D eigenvalue weighted by Gasteiger charge is -2.24. The number of nitrogens with zero attached hydrogens (tertiary/aromatic N) is 5. The summed E-state index contributed by atoms with van der Waals surface area (Å²) >= 11 is 6.42. The lowest BCUT2D eigenvalue weighted by Crippen LogP contribution is -2.36. The Labute approximate surface area is 169 Å². The minimum Gasteiger partial charge on any atom is -0.420 e. The van der Waals surface area contributed by atoms with Crippen LogP contribution in [0.4, 0.5) is 6.01 Å². The predicted molar refractivity (Wildman–Crippen MR) is 110 cm³/mol. The molecule has 0 spiro atoms. The number of rotatable bonds is 5. The van der Waals surface area contributed by atoms with E-state index >= 15 is 0 Å². The van der Waals surface area contributed by atoms with Gasteiger partial charge in [-0.1, -0.05) is 25.4 Å². The van der Waals surface area contributed by atoms with Crippen LogP contribution in [0.15, 0.2) is 10.6 Å². The Balaban J connectivity index is 1.78. The molecule has 4 rings (SSSR count). The maximum atomic E-state index is 6.42. The number of morpholine rings is 1. The van der Waals surface area contributed by atoms with Gasteiger partial charge in [0.2, 0.25) is 0 Å². The van der Waals surface area contributed by atoms with E-state index in [0.717, 1.165) is 42.8 Å². The Morgan fingerprint density at radius 2 is 1.86 bits per heavy atom. The zero-order chi connectivity index (χ0) is 19.8. The molecule has 150 valence electrons. The Morgan fingerprint density at radius 3 is 2.54 bits per heavy atom. The van der Waals surface area contributed by atoms with Gasteiger partial charge in [-0.05, 0) is 25.7 Å². The van der Waals surface area contributed by atoms with Gasteiger partial charge in [0.05, 0.1) is 18.9 Å². The third-order valence-corrected chi connectivity index (χ3v) is 5.74. The van der Waals surface area contributed by atoms with Crippen LogP contribution in [0.3, 0.4) is 0 Å². The average Bonchev–Trinajstić information content (AvgIpc) is 3.23. The second-order valence-corrected chi connectivity index (χ2v) is 7.61. The summed E-state index contributed by atoms with van der Waals surface area (Å²) in [6.45, 7) is 9.14. The molecule has 0 aliphatic carbocycles. The molecule has 1 fully saturated rings. The van der Waals surface area contributed by atoms with Crippen LogP contribution < -0.4 is 4.90 Å². The third-order valence-electron chi connectivity index (χ3n) is 5.49. The van der Waals surface area contributed by atoms with Gasteiger partial charge in [0.25, 0.3) is 6.01 Å². The lowest BCUT2D eigenvalue weighted by molar-refractivity contribution is 0.120. The topological polar surface area (TPSA) is 69.2 Å². The highest BCUT2D eigenvalue weighted by atomic mass is 35.5. The Hall–Kier alpha value is -2.12. The highest BCUT2D eigenvalue weighted by Crippen LogP contribution is 2.35. The zero-order valence-electron chi connectivity index (χ0n) is 16.8. The summed E-state index contributed by atoms with van der Waals surface area (Å²) in [6, 6.07) is 0.509. The fraction of sp³-hybridized carbons (Fsp3) is 0.550. The predicted octanol–water partition coefficient (Wildman–Crippen LogP) is 4.33. The van der Waals surface area contributed by atoms with Crippen molar-refractivity contribution in [2.45, 2.75) is 39.5 Å². The van der Waals surface area contributed by atoms with Crippen LogP contribution in [-0.4, -0.2) is 45.8 Å². The summed E-state index contributed by atoms with van der Waals surface area (Å²) in [5, 5.41) is 0.313. The van der Waals surface area contributed by atoms with Crippen molar-refractivity contribution in [2.24, 2.45) is 7.05 Å². The number of anilines is 1. The van der Waals surface area contributed by atoms with Crippen molar-refractivity contribution in [3.63, 3.8) is 0 Å². The van der Waals surface area contributed by atoms with E-state index in [-0.39, 0.29) is 0 Å². The average molecular weight is 404 g/mol. The maximum Gasteiger partial charge on any atom is 0.299 e. The second-order valence-electron chi connectivity index (χ2n) is 7.25. The molecule has 0 amide bonds. The molecule has 3 aromatic rings. The third kappa shape index (κ3) is 3.26. The van der Waals surface area contributed by atoms with Crippen molar-refractivity contribution in [3.8, 4) is 11.5 Å². The van der Waals surface area contributed by atoms with E-state index in [2.05, 4.69) is 25.0 Å². The Morgan fingerprint density at radius 1 is 1.14 bits per heavy atom. The van der Waals surface area contributed by atoms with Gasteiger partial charge in [0.1, 0.15) is 11.2 Å². The quantitative estimate of drug-likeness (QED) is 0.631. The summed E-state index contributed by atoms with van der Waals surface area (Å²) < 4.78 is 13.4. The molecule has 1 aliphatic rings. The van der Waals surface area contributed by atoms with Gasteiger partial charge in [0, 0.05) is 31.9 Å². The van der Waals surface area contributed by atoms with Crippen LogP contribution in [-0.2, 0) is 11.8 Å². The molecule has 0 N–H and O–H groups in total. The van der Waals surface area contributed by atoms with Crippen LogP contribution in [0.1, 0.15) is 43.9 Å². The minimum atomic E-state index is 0.313. The van der Waals surface area contributed by atoms with E-state index in [1.807, 2.05) is 23.4 Å². The molecule has 4 heterocycles. The first-order chi connectivity index (χ1) is 13.5. The van der Waals surface area contributed by atoms with Crippen molar-refractivity contribution in [1.29, 1.82) is 0 Å². The SMILES string of the molecule is CCC(CC)c1cn(C)c2nc(-c3oc(N4CCOCC4)nc3Cl)c(C)nc12. The van der Waals surface area contributed by atoms with E-state index in [4.69, 9.17) is 30.7 Å². The van der Waals surface area contributed by atoms with E-state index in [9.17, 15) is 0 Å². The first kappa shape index (κ1) is 19.2. The summed E-state index contributed by atoms with van der Waals surface area (Å²) in [5.41, 5.74) is 4.48. The number of hydrogen-bond acceptors (Lipinski definition) is 6. The van der Waals surface area contributed by atoms with Gasteiger partial charge >= 0.3 is 0 Å². The fourth-order valence-corrected chi connectivity index (χ4v) is 4.05. The number of oxazole rings is 1. The van der Waals surface area contributed by atoms with Crippen LogP contribution in [0, 0.1) is 6.92 Å². The number of ether oxygens (including phenoxy) is 1. The summed E-state index contributed by atoms with van der Waals surface area (Å²) in [4.78, 5) is 16.2. The largest absolute Gasteiger partial charge is 0.420 e. The normalized spacial score (nSPS) is 15.1. The number of halogens is 1. The smallest absolute Gasteiger partial charge is 0.299 e. The van der Waals surface area contributed by atoms with Crippen LogP contribution >= 0.6 is 11.6 Å². The second kappa shape index (κ2) is 7.72. The van der Waals surface area contributed by atoms with E-state index < -0.39 is 0 Å². The Kier molecular flexibility index (Phi) is 5.29. The van der Waals surface area contributed by atoms with Crippen LogP contribution in [0.25, 0.3) is 22.6 Å². The van der Waals surface area contributed by atoms with Crippen molar-refractivity contribution < 1.29 is 9.15 Å². The van der Waals surface area contributed by atoms with Crippen molar-refractivity contribution >= 4 is 28.8 Å². The summed E-state index contributed by atoms with van der Waals surface area (Å²) in [5.74, 6) is 0.949. The minimum absolute atomic E-state index is 0.313. The number of hydrogen-bond donors (Lipinski definition) is 0. The summed E-state index contributed by atoms with van der Waals surface area (Å²) in [7, 11) is 2.00. The molecule has 0 saturated carbocycles. The zero-order valence-corrected chi connectivity index (χ0v) is 17.6. The molecular weight excluding hydrogens is 378 g/mol. The standard InChI is InChI=1S/C20H26ClN5O2/c1-5-13(6-2)14-11-25(4)19-16(14)22-12(3)15(23-19)17-18(21)24-20(28-17)26-7-9-27-10-8-26/h11,13H,5-10H2,1-4H3. The molecule has 1 aliphatic heterocycles. The molecule has 1 saturated heterocycles. The van der Waals surface area contributed by atoms with Gasteiger partial charge in [0.15, 0.2) is 16.6 Å². The number of fused-ring (bicyclic) bond motifs is 1. The molecule has 0 atom stereocenters. The van der Waals surface area contributed by atoms with E-state index in [1.165, 1.54) is 5.56 Å². The molecule has 7 nitrogen and oxygen atoms in total. The van der Waals surface area contributed by atoms with Crippen molar-refractivity contribution in [3.05, 3.63) is 22.6 Å². The number of aryl methyl sites for hydroxylation is 2. The summed E-state index contributed by atoms with van der Waals surface area (Å²) in [6.07, 6.45) is 4.30. The maximum absolute atomic E-state index is 6.42. The first-order valence-corrected chi connectivity index (χ1v) is 10.2. The van der Waals surface area contributed by atoms with Gasteiger partial charge < -0.3 is 18.6 Å². The molecule has 0 bridgehead atoms. The lowest BCUT2D eigenvalue weighted by atomic mass is 9.96. The van der Waals surface area contributed by atoms with Gasteiger partial charge in [-0.3, -0.25) is 0 Å². The van der Waals surface area contributed by atoms with Crippen molar-refractivity contribution in [1.82, 2.24) is 19.5 Å². The monoisotopic (exact) mass is 403 g/mol. The molecule has 0 aromatic carbocycles. The van der Waals surface area contributed by atoms with Gasteiger partial charge in [-0.25, -0.2) is 9.97 Å². The van der Waals surface area contributed by atoms with Gasteiger partial charge in [-0.15, -0.1) is 0 Å².